The first kappa shape index (κ1) is 42.2. The number of amides is 1. The molecular weight excluding hydrogens is 707 g/mol. The number of hydrogen-bond acceptors (Lipinski definition) is 13. The molecule has 3 aromatic carbocycles. The number of hydrogen-bond donors (Lipinski definition) is 7. The van der Waals surface area contributed by atoms with Gasteiger partial charge in [0.05, 0.1) is 60.0 Å². The van der Waals surface area contributed by atoms with Crippen LogP contribution in [0.1, 0.15) is 67.9 Å². The Kier molecular flexibility index (Phi) is 16.2. The minimum atomic E-state index is -1.27. The van der Waals surface area contributed by atoms with Crippen LogP contribution in [0.4, 0.5) is 10.1 Å². The molecule has 0 aliphatic heterocycles. The van der Waals surface area contributed by atoms with Gasteiger partial charge in [-0.05, 0) is 66.3 Å². The van der Waals surface area contributed by atoms with E-state index in [0.29, 0.717) is 33.8 Å². The molecule has 0 fully saturated rings. The second kappa shape index (κ2) is 20.8. The molecule has 0 saturated heterocycles. The fraction of sp³-hybridized carbons (Fsp3) is 0.368. The lowest BCUT2D eigenvalue weighted by Crippen LogP contribution is -2.28. The molecule has 0 bridgehead atoms. The van der Waals surface area contributed by atoms with E-state index in [9.17, 15) is 24.2 Å². The van der Waals surface area contributed by atoms with E-state index in [1.54, 1.807) is 24.3 Å². The van der Waals surface area contributed by atoms with Crippen molar-refractivity contribution in [3.8, 4) is 22.4 Å². The Balaban J connectivity index is 1.53. The molecule has 0 spiro atoms. The van der Waals surface area contributed by atoms with Gasteiger partial charge < -0.3 is 24.8 Å². The molecule has 1 heterocycles. The topological polar surface area (TPSA) is 207 Å². The van der Waals surface area contributed by atoms with Gasteiger partial charge in [0.1, 0.15) is 5.82 Å². The summed E-state index contributed by atoms with van der Waals surface area (Å²) in [5.41, 5.74) is 4.46. The monoisotopic (exact) mass is 754 g/mol. The van der Waals surface area contributed by atoms with E-state index in [1.807, 2.05) is 66.9 Å². The van der Waals surface area contributed by atoms with Gasteiger partial charge in [-0.2, -0.15) is 0 Å². The van der Waals surface area contributed by atoms with Crippen LogP contribution in [0.5, 0.6) is 0 Å². The van der Waals surface area contributed by atoms with E-state index in [1.165, 1.54) is 12.1 Å². The van der Waals surface area contributed by atoms with Crippen molar-refractivity contribution >= 4 is 17.6 Å². The Morgan fingerprint density at radius 1 is 0.796 bits per heavy atom. The number of anilines is 1. The fourth-order valence-electron chi connectivity index (χ4n) is 6.21. The summed E-state index contributed by atoms with van der Waals surface area (Å²) in [4.78, 5) is 35.8. The van der Waals surface area contributed by atoms with Crippen LogP contribution in [0.25, 0.3) is 22.4 Å². The summed E-state index contributed by atoms with van der Waals surface area (Å²) >= 11 is 0. The van der Waals surface area contributed by atoms with Crippen molar-refractivity contribution in [2.24, 2.45) is 0 Å². The Bertz CT molecular complexity index is 1760. The molecule has 54 heavy (non-hydrogen) atoms. The molecule has 3 atom stereocenters. The molecule has 7 N–H and O–H groups in total. The lowest BCUT2D eigenvalue weighted by Gasteiger charge is -2.20. The van der Waals surface area contributed by atoms with Gasteiger partial charge in [-0.1, -0.05) is 62.4 Å². The summed E-state index contributed by atoms with van der Waals surface area (Å²) in [5, 5.41) is 58.9. The minimum Gasteiger partial charge on any atom is -0.465 e. The van der Waals surface area contributed by atoms with E-state index in [2.05, 4.69) is 10.2 Å². The number of carbonyl (C=O) groups is 2. The van der Waals surface area contributed by atoms with Gasteiger partial charge in [-0.3, -0.25) is 35.3 Å². The fourth-order valence-corrected chi connectivity index (χ4v) is 6.21. The first-order chi connectivity index (χ1) is 25.8. The minimum absolute atomic E-state index is 0.0376. The van der Waals surface area contributed by atoms with E-state index in [4.69, 9.17) is 30.4 Å². The summed E-state index contributed by atoms with van der Waals surface area (Å²) in [6, 6.07) is 24.5. The second-order valence-corrected chi connectivity index (χ2v) is 12.9. The predicted molar refractivity (Wildman–Crippen MR) is 191 cm³/mol. The normalized spacial score (nSPS) is 13.3. The maximum absolute atomic E-state index is 14.2. The summed E-state index contributed by atoms with van der Waals surface area (Å²) in [6.07, 6.45) is -3.85. The number of halogens is 1. The number of rotatable bonds is 21. The number of aromatic nitrogens is 1. The largest absolute Gasteiger partial charge is 0.465 e. The number of ether oxygens (including phenoxy) is 1. The number of esters is 1. The molecule has 0 saturated carbocycles. The lowest BCUT2D eigenvalue weighted by atomic mass is 9.94. The third-order valence-corrected chi connectivity index (χ3v) is 8.51. The van der Waals surface area contributed by atoms with Crippen molar-refractivity contribution in [2.75, 3.05) is 18.5 Å². The van der Waals surface area contributed by atoms with Crippen LogP contribution in [-0.2, 0) is 25.8 Å². The maximum atomic E-state index is 14.2. The van der Waals surface area contributed by atoms with E-state index < -0.39 is 47.3 Å². The number of carbonyl (C=O) groups excluding carboxylic acids is 2. The Hall–Kier alpha value is -4.59. The van der Waals surface area contributed by atoms with E-state index in [-0.39, 0.29) is 57.3 Å². The zero-order valence-electron chi connectivity index (χ0n) is 30.0. The molecule has 1 amide bonds. The van der Waals surface area contributed by atoms with Crippen molar-refractivity contribution in [1.29, 1.82) is 0 Å². The van der Waals surface area contributed by atoms with Crippen LogP contribution in [0.2, 0.25) is 0 Å². The molecule has 0 aliphatic carbocycles. The van der Waals surface area contributed by atoms with Gasteiger partial charge in [-0.25, -0.2) is 9.23 Å². The van der Waals surface area contributed by atoms with Crippen molar-refractivity contribution in [2.45, 2.75) is 76.7 Å². The molecule has 4 rings (SSSR count). The van der Waals surface area contributed by atoms with Crippen LogP contribution in [0.15, 0.2) is 84.9 Å². The average molecular weight is 755 g/mol. The maximum Gasteiger partial charge on any atom is 0.308 e. The van der Waals surface area contributed by atoms with E-state index >= 15 is 0 Å². The molecule has 3 unspecified atom stereocenters. The zero-order chi connectivity index (χ0) is 39.2. The summed E-state index contributed by atoms with van der Waals surface area (Å²) in [6.45, 7) is 3.61. The first-order valence-corrected chi connectivity index (χ1v) is 17.4. The van der Waals surface area contributed by atoms with Crippen LogP contribution in [0, 0.1) is 5.82 Å². The molecule has 1 aromatic heterocycles. The van der Waals surface area contributed by atoms with Crippen LogP contribution < -0.4 is 5.32 Å². The molecule has 4 aromatic rings. The molecule has 15 nitrogen and oxygen atoms in total. The van der Waals surface area contributed by atoms with Gasteiger partial charge in [0, 0.05) is 36.3 Å². The second-order valence-electron chi connectivity index (χ2n) is 12.9. The number of aliphatic hydroxyl groups excluding tert-OH is 2. The third kappa shape index (κ3) is 12.5. The summed E-state index contributed by atoms with van der Waals surface area (Å²) < 4.78 is 21.3. The number of nitrogens with one attached hydrogen (secondary N) is 1. The molecular formula is C38H47FN4O11. The third-order valence-electron chi connectivity index (χ3n) is 8.51. The van der Waals surface area contributed by atoms with Crippen molar-refractivity contribution in [3.63, 3.8) is 0 Å². The number of benzene rings is 3. The van der Waals surface area contributed by atoms with Crippen LogP contribution in [-0.4, -0.2) is 89.8 Å². The lowest BCUT2D eigenvalue weighted by molar-refractivity contribution is -0.511. The van der Waals surface area contributed by atoms with Crippen LogP contribution >= 0.6 is 0 Å². The van der Waals surface area contributed by atoms with Gasteiger partial charge in [0.2, 0.25) is 0 Å². The summed E-state index contributed by atoms with van der Waals surface area (Å²) in [5.74, 6) is -1.71. The van der Waals surface area contributed by atoms with Crippen LogP contribution in [0.3, 0.4) is 0 Å². The Morgan fingerprint density at radius 2 is 1.43 bits per heavy atom. The van der Waals surface area contributed by atoms with Gasteiger partial charge in [0.25, 0.3) is 5.91 Å². The Labute approximate surface area is 311 Å². The van der Waals surface area contributed by atoms with Gasteiger partial charge in [0.15, 0.2) is 0 Å². The van der Waals surface area contributed by atoms with Crippen molar-refractivity contribution < 1.29 is 59.4 Å². The van der Waals surface area contributed by atoms with E-state index in [0.717, 1.165) is 5.56 Å². The number of nitrogens with zero attached hydrogens (tertiary/aromatic N) is 3. The highest BCUT2D eigenvalue weighted by molar-refractivity contribution is 6.12. The van der Waals surface area contributed by atoms with Gasteiger partial charge in [-0.15, -0.1) is 0 Å². The highest BCUT2D eigenvalue weighted by atomic mass is 19.1. The predicted octanol–water partition coefficient (Wildman–Crippen LogP) is 5.95. The SMILES string of the molecule is CC(C)c1c(C(=O)Nc2ccccc2)c(-c2ccccc2)c(-c2ccc(F)cc2)n1CCC(O)CC(O)CC(=O)OCCC(CCON(O)O)ON(O)O. The molecule has 0 aliphatic rings. The first-order valence-electron chi connectivity index (χ1n) is 17.4. The average Bonchev–Trinajstić information content (AvgIpc) is 3.47. The molecule has 292 valence electrons. The standard InChI is InChI=1S/C38H47FN4O11/c1-25(2)36-35(38(47)40-29-11-7-4-8-12-29)34(26-9-5-3-6-10-26)37(27-13-15-28(39)16-14-27)41(36)20-17-30(44)23-31(45)24-33(46)52-21-18-32(54-43(50)51)19-22-53-42(48)49/h3-16,25,30-32,44-45,48-51H,17-24H2,1-2H3,(H,40,47). The van der Waals surface area contributed by atoms with Gasteiger partial charge >= 0.3 is 5.97 Å². The zero-order valence-corrected chi connectivity index (χ0v) is 30.0. The molecule has 16 heteroatoms. The van der Waals surface area contributed by atoms with Crippen molar-refractivity contribution in [1.82, 2.24) is 15.3 Å². The van der Waals surface area contributed by atoms with Crippen molar-refractivity contribution in [3.05, 3.63) is 102 Å². The Morgan fingerprint density at radius 3 is 2.04 bits per heavy atom. The summed E-state index contributed by atoms with van der Waals surface area (Å²) in [7, 11) is 0. The number of aliphatic hydroxyl groups is 2. The highest BCUT2D eigenvalue weighted by Crippen LogP contribution is 2.42. The number of para-hydroxylation sites is 1. The smallest absolute Gasteiger partial charge is 0.308 e. The highest BCUT2D eigenvalue weighted by Gasteiger charge is 2.31. The molecule has 0 radical (unpaired) electrons. The quantitative estimate of drug-likeness (QED) is 0.0389.